The van der Waals surface area contributed by atoms with Crippen LogP contribution in [-0.4, -0.2) is 13.4 Å². The largest absolute Gasteiger partial charge is 0.496 e. The summed E-state index contributed by atoms with van der Waals surface area (Å²) < 4.78 is 5.03. The Morgan fingerprint density at radius 2 is 2.23 bits per heavy atom. The van der Waals surface area contributed by atoms with E-state index in [0.29, 0.717) is 28.7 Å². The lowest BCUT2D eigenvalue weighted by Crippen LogP contribution is -1.95. The fourth-order valence-corrected chi connectivity index (χ4v) is 1.20. The molecule has 1 aromatic carbocycles. The van der Waals surface area contributed by atoms with Gasteiger partial charge in [-0.15, -0.1) is 0 Å². The summed E-state index contributed by atoms with van der Waals surface area (Å²) >= 11 is 0. The third kappa shape index (κ3) is 1.52. The summed E-state index contributed by atoms with van der Waals surface area (Å²) in [5.74, 6) is 0.481. The van der Waals surface area contributed by atoms with E-state index in [0.717, 1.165) is 0 Å². The first kappa shape index (κ1) is 9.27. The molecule has 0 fully saturated rings. The molecule has 0 aliphatic heterocycles. The van der Waals surface area contributed by atoms with E-state index >= 15 is 0 Å². The SMILES string of the molecule is COc1c(C=O)ccc(C#N)c1C. The van der Waals surface area contributed by atoms with Gasteiger partial charge in [-0.2, -0.15) is 5.26 Å². The number of aldehydes is 1. The first-order valence-corrected chi connectivity index (χ1v) is 3.77. The van der Waals surface area contributed by atoms with E-state index in [1.807, 2.05) is 6.07 Å². The highest BCUT2D eigenvalue weighted by Gasteiger charge is 2.08. The zero-order valence-electron chi connectivity index (χ0n) is 7.50. The van der Waals surface area contributed by atoms with Gasteiger partial charge < -0.3 is 4.74 Å². The maximum Gasteiger partial charge on any atom is 0.153 e. The Morgan fingerprint density at radius 3 is 2.69 bits per heavy atom. The number of carbonyl (C=O) groups is 1. The standard InChI is InChI=1S/C10H9NO2/c1-7-8(5-11)3-4-9(6-12)10(7)13-2/h3-4,6H,1-2H3. The molecule has 0 aliphatic rings. The Labute approximate surface area is 76.6 Å². The molecule has 0 spiro atoms. The summed E-state index contributed by atoms with van der Waals surface area (Å²) in [6.45, 7) is 1.75. The van der Waals surface area contributed by atoms with Gasteiger partial charge in [0.1, 0.15) is 5.75 Å². The maximum absolute atomic E-state index is 10.6. The summed E-state index contributed by atoms with van der Waals surface area (Å²) in [5, 5.41) is 8.71. The molecule has 13 heavy (non-hydrogen) atoms. The Bertz CT molecular complexity index is 377. The molecule has 0 unspecified atom stereocenters. The van der Waals surface area contributed by atoms with Crippen LogP contribution in [0.5, 0.6) is 5.75 Å². The minimum Gasteiger partial charge on any atom is -0.496 e. The molecule has 0 saturated heterocycles. The van der Waals surface area contributed by atoms with Crippen molar-refractivity contribution in [1.82, 2.24) is 0 Å². The lowest BCUT2D eigenvalue weighted by Gasteiger charge is -2.07. The van der Waals surface area contributed by atoms with Crippen molar-refractivity contribution in [2.45, 2.75) is 6.92 Å². The highest BCUT2D eigenvalue weighted by atomic mass is 16.5. The van der Waals surface area contributed by atoms with Crippen LogP contribution in [0.2, 0.25) is 0 Å². The van der Waals surface area contributed by atoms with Crippen LogP contribution in [-0.2, 0) is 0 Å². The average molecular weight is 175 g/mol. The highest BCUT2D eigenvalue weighted by molar-refractivity contribution is 5.81. The number of carbonyl (C=O) groups excluding carboxylic acids is 1. The van der Waals surface area contributed by atoms with Gasteiger partial charge in [-0.3, -0.25) is 4.79 Å². The van der Waals surface area contributed by atoms with Crippen LogP contribution in [0.3, 0.4) is 0 Å². The van der Waals surface area contributed by atoms with Crippen molar-refractivity contribution in [2.75, 3.05) is 7.11 Å². The Balaban J connectivity index is 3.42. The zero-order valence-corrected chi connectivity index (χ0v) is 7.50. The van der Waals surface area contributed by atoms with E-state index in [1.165, 1.54) is 7.11 Å². The molecular weight excluding hydrogens is 166 g/mol. The van der Waals surface area contributed by atoms with Crippen LogP contribution >= 0.6 is 0 Å². The highest BCUT2D eigenvalue weighted by Crippen LogP contribution is 2.24. The molecule has 3 nitrogen and oxygen atoms in total. The second-order valence-corrected chi connectivity index (χ2v) is 2.59. The molecule has 0 N–H and O–H groups in total. The van der Waals surface area contributed by atoms with Crippen LogP contribution < -0.4 is 4.74 Å². The van der Waals surface area contributed by atoms with Gasteiger partial charge in [0.05, 0.1) is 24.3 Å². The number of benzene rings is 1. The van der Waals surface area contributed by atoms with Crippen molar-refractivity contribution in [3.05, 3.63) is 28.8 Å². The minimum absolute atomic E-state index is 0.471. The molecule has 1 rings (SSSR count). The van der Waals surface area contributed by atoms with Crippen LogP contribution in [0.25, 0.3) is 0 Å². The number of ether oxygens (including phenoxy) is 1. The van der Waals surface area contributed by atoms with Gasteiger partial charge in [0.15, 0.2) is 6.29 Å². The van der Waals surface area contributed by atoms with Gasteiger partial charge in [-0.25, -0.2) is 0 Å². The molecule has 3 heteroatoms. The number of hydrogen-bond acceptors (Lipinski definition) is 3. The van der Waals surface area contributed by atoms with Gasteiger partial charge in [0.25, 0.3) is 0 Å². The van der Waals surface area contributed by atoms with Crippen molar-refractivity contribution in [2.24, 2.45) is 0 Å². The van der Waals surface area contributed by atoms with Crippen LogP contribution in [0.1, 0.15) is 21.5 Å². The molecule has 1 aromatic rings. The first-order chi connectivity index (χ1) is 6.24. The number of rotatable bonds is 2. The molecule has 0 amide bonds. The minimum atomic E-state index is 0.471. The number of nitrogens with zero attached hydrogens (tertiary/aromatic N) is 1. The lowest BCUT2D eigenvalue weighted by molar-refractivity contribution is 0.112. The molecule has 66 valence electrons. The topological polar surface area (TPSA) is 50.1 Å². The van der Waals surface area contributed by atoms with Crippen molar-refractivity contribution >= 4 is 6.29 Å². The van der Waals surface area contributed by atoms with Crippen molar-refractivity contribution in [3.8, 4) is 11.8 Å². The fraction of sp³-hybridized carbons (Fsp3) is 0.200. The molecule has 0 saturated carbocycles. The van der Waals surface area contributed by atoms with E-state index < -0.39 is 0 Å². The smallest absolute Gasteiger partial charge is 0.153 e. The van der Waals surface area contributed by atoms with E-state index in [4.69, 9.17) is 10.00 Å². The monoisotopic (exact) mass is 175 g/mol. The predicted octanol–water partition coefficient (Wildman–Crippen LogP) is 1.69. The third-order valence-corrected chi connectivity index (χ3v) is 1.89. The first-order valence-electron chi connectivity index (χ1n) is 3.77. The molecule has 0 bridgehead atoms. The summed E-state index contributed by atoms with van der Waals surface area (Å²) in [5.41, 5.74) is 1.70. The summed E-state index contributed by atoms with van der Waals surface area (Å²) in [4.78, 5) is 10.6. The van der Waals surface area contributed by atoms with Crippen molar-refractivity contribution in [1.29, 1.82) is 5.26 Å². The number of nitriles is 1. The van der Waals surface area contributed by atoms with E-state index in [2.05, 4.69) is 0 Å². The normalized spacial score (nSPS) is 9.00. The van der Waals surface area contributed by atoms with E-state index in [1.54, 1.807) is 19.1 Å². The molecular formula is C10H9NO2. The molecule has 0 aromatic heterocycles. The number of hydrogen-bond donors (Lipinski definition) is 0. The van der Waals surface area contributed by atoms with Gasteiger partial charge in [0, 0.05) is 5.56 Å². The van der Waals surface area contributed by atoms with Crippen LogP contribution in [0.4, 0.5) is 0 Å². The quantitative estimate of drug-likeness (QED) is 0.642. The fourth-order valence-electron chi connectivity index (χ4n) is 1.20. The molecule has 0 atom stereocenters. The Kier molecular flexibility index (Phi) is 2.65. The second-order valence-electron chi connectivity index (χ2n) is 2.59. The van der Waals surface area contributed by atoms with E-state index in [9.17, 15) is 4.79 Å². The summed E-state index contributed by atoms with van der Waals surface area (Å²) in [7, 11) is 1.48. The average Bonchev–Trinajstić information content (AvgIpc) is 2.17. The van der Waals surface area contributed by atoms with Crippen LogP contribution in [0, 0.1) is 18.3 Å². The zero-order chi connectivity index (χ0) is 9.84. The summed E-state index contributed by atoms with van der Waals surface area (Å²) in [6.07, 6.45) is 0.715. The summed E-state index contributed by atoms with van der Waals surface area (Å²) in [6, 6.07) is 5.22. The Morgan fingerprint density at radius 1 is 1.54 bits per heavy atom. The van der Waals surface area contributed by atoms with Crippen molar-refractivity contribution < 1.29 is 9.53 Å². The lowest BCUT2D eigenvalue weighted by atomic mass is 10.0. The van der Waals surface area contributed by atoms with Gasteiger partial charge in [0.2, 0.25) is 0 Å². The predicted molar refractivity (Wildman–Crippen MR) is 47.8 cm³/mol. The Hall–Kier alpha value is -1.82. The third-order valence-electron chi connectivity index (χ3n) is 1.89. The van der Waals surface area contributed by atoms with Gasteiger partial charge in [-0.05, 0) is 19.1 Å². The van der Waals surface area contributed by atoms with Gasteiger partial charge >= 0.3 is 0 Å². The number of methoxy groups -OCH3 is 1. The molecule has 0 aliphatic carbocycles. The maximum atomic E-state index is 10.6. The van der Waals surface area contributed by atoms with E-state index in [-0.39, 0.29) is 0 Å². The van der Waals surface area contributed by atoms with Gasteiger partial charge in [-0.1, -0.05) is 0 Å². The van der Waals surface area contributed by atoms with Crippen LogP contribution in [0.15, 0.2) is 12.1 Å². The molecule has 0 heterocycles. The van der Waals surface area contributed by atoms with Crippen molar-refractivity contribution in [3.63, 3.8) is 0 Å². The second kappa shape index (κ2) is 3.72. The molecule has 0 radical (unpaired) electrons.